The predicted molar refractivity (Wildman–Crippen MR) is 134 cm³/mol. The topological polar surface area (TPSA) is 142 Å². The Hall–Kier alpha value is -0.280. The van der Waals surface area contributed by atoms with E-state index in [1.807, 2.05) is 0 Å². The summed E-state index contributed by atoms with van der Waals surface area (Å²) in [6.45, 7) is 0. The van der Waals surface area contributed by atoms with Crippen molar-refractivity contribution in [1.29, 1.82) is 0 Å². The molecule has 1 rings (SSSR count). The zero-order valence-corrected chi connectivity index (χ0v) is 21.5. The average Bonchev–Trinajstić information content (AvgIpc) is 2.78. The van der Waals surface area contributed by atoms with Crippen LogP contribution in [0.15, 0.2) is 0 Å². The lowest BCUT2D eigenvalue weighted by atomic mass is 9.86. The quantitative estimate of drug-likeness (QED) is 0.250. The molecule has 0 heterocycles. The molecule has 0 aromatic carbocycles. The molecule has 0 aromatic rings. The lowest BCUT2D eigenvalue weighted by Crippen LogP contribution is -2.72. The second-order valence-corrected chi connectivity index (χ2v) is 10.7. The molecule has 1 saturated carbocycles. The molecule has 1 fully saturated rings. The minimum absolute atomic E-state index is 0.0774. The van der Waals surface area contributed by atoms with Gasteiger partial charge in [0.05, 0.1) is 0 Å². The Kier molecular flexibility index (Phi) is 16.1. The Labute approximate surface area is 207 Å². The van der Waals surface area contributed by atoms with E-state index in [1.54, 1.807) is 0 Å². The second-order valence-electron chi connectivity index (χ2n) is 10.7. The summed E-state index contributed by atoms with van der Waals surface area (Å²) in [6, 6.07) is 0. The van der Waals surface area contributed by atoms with E-state index < -0.39 is 29.9 Å². The molecule has 204 valence electrons. The van der Waals surface area contributed by atoms with Crippen LogP contribution in [0.1, 0.15) is 148 Å². The highest BCUT2D eigenvalue weighted by Gasteiger charge is 2.63. The van der Waals surface area contributed by atoms with Gasteiger partial charge in [-0.25, -0.2) is 0 Å². The van der Waals surface area contributed by atoms with Gasteiger partial charge < -0.3 is 35.7 Å². The van der Waals surface area contributed by atoms with Gasteiger partial charge in [-0.15, -0.1) is 0 Å². The fourth-order valence-corrected chi connectivity index (χ4v) is 4.97. The van der Waals surface area contributed by atoms with Crippen LogP contribution in [0.2, 0.25) is 0 Å². The summed E-state index contributed by atoms with van der Waals surface area (Å²) in [7, 11) is 0. The van der Waals surface area contributed by atoms with Crippen molar-refractivity contribution in [3.05, 3.63) is 0 Å². The van der Waals surface area contributed by atoms with Crippen LogP contribution in [-0.4, -0.2) is 59.2 Å². The monoisotopic (exact) mass is 490 g/mol. The maximum atomic E-state index is 10.2. The molecule has 0 bridgehead atoms. The third-order valence-corrected chi connectivity index (χ3v) is 7.54. The van der Waals surface area contributed by atoms with E-state index in [1.165, 1.54) is 77.0 Å². The van der Waals surface area contributed by atoms with Crippen LogP contribution in [0.4, 0.5) is 0 Å². The van der Waals surface area contributed by atoms with Crippen LogP contribution in [0.3, 0.4) is 0 Å². The maximum absolute atomic E-state index is 10.2. The molecular formula is C27H54O7. The minimum Gasteiger partial charge on any atom is -0.387 e. The Morgan fingerprint density at radius 2 is 0.647 bits per heavy atom. The standard InChI is InChI=1S/C27H54O7/c28-24-22-20-18-16-14-12-10-8-6-4-2-1-3-5-7-9-11-13-15-17-19-21-23-25(29,30)27(33,34)26(24,31)32/h24,28-34H,1-23H2. The summed E-state index contributed by atoms with van der Waals surface area (Å²) in [5.74, 6) is -10.3. The highest BCUT2D eigenvalue weighted by Crippen LogP contribution is 2.35. The van der Waals surface area contributed by atoms with Gasteiger partial charge in [0, 0.05) is 6.42 Å². The van der Waals surface area contributed by atoms with Crippen LogP contribution in [-0.2, 0) is 0 Å². The molecule has 0 aromatic heterocycles. The summed E-state index contributed by atoms with van der Waals surface area (Å²) in [5.41, 5.74) is 0. The van der Waals surface area contributed by atoms with E-state index in [0.29, 0.717) is 19.3 Å². The largest absolute Gasteiger partial charge is 0.387 e. The minimum atomic E-state index is -3.68. The molecule has 0 aliphatic heterocycles. The highest BCUT2D eigenvalue weighted by molar-refractivity contribution is 4.97. The van der Waals surface area contributed by atoms with Crippen molar-refractivity contribution < 1.29 is 35.7 Å². The first-order chi connectivity index (χ1) is 16.1. The molecule has 1 atom stereocenters. The zero-order valence-electron chi connectivity index (χ0n) is 21.5. The van der Waals surface area contributed by atoms with E-state index in [9.17, 15) is 35.7 Å². The average molecular weight is 491 g/mol. The fourth-order valence-electron chi connectivity index (χ4n) is 4.97. The summed E-state index contributed by atoms with van der Waals surface area (Å²) < 4.78 is 0. The highest BCUT2D eigenvalue weighted by atomic mass is 16.7. The smallest absolute Gasteiger partial charge is 0.276 e. The number of aliphatic hydroxyl groups excluding tert-OH is 1. The normalized spacial score (nSPS) is 28.5. The van der Waals surface area contributed by atoms with Gasteiger partial charge >= 0.3 is 0 Å². The van der Waals surface area contributed by atoms with Crippen molar-refractivity contribution in [3.63, 3.8) is 0 Å². The molecule has 0 radical (unpaired) electrons. The van der Waals surface area contributed by atoms with Crippen molar-refractivity contribution in [3.8, 4) is 0 Å². The lowest BCUT2D eigenvalue weighted by molar-refractivity contribution is -0.467. The predicted octanol–water partition coefficient (Wildman–Crippen LogP) is 4.38. The molecule has 7 heteroatoms. The van der Waals surface area contributed by atoms with E-state index in [4.69, 9.17) is 0 Å². The van der Waals surface area contributed by atoms with E-state index in [0.717, 1.165) is 38.5 Å². The van der Waals surface area contributed by atoms with Crippen LogP contribution in [0, 0.1) is 0 Å². The van der Waals surface area contributed by atoms with Crippen LogP contribution < -0.4 is 0 Å². The van der Waals surface area contributed by atoms with Gasteiger partial charge in [-0.05, 0) is 12.8 Å². The number of rotatable bonds is 0. The van der Waals surface area contributed by atoms with Crippen molar-refractivity contribution in [1.82, 2.24) is 0 Å². The molecule has 0 amide bonds. The molecule has 34 heavy (non-hydrogen) atoms. The van der Waals surface area contributed by atoms with E-state index in [-0.39, 0.29) is 6.42 Å². The third kappa shape index (κ3) is 11.6. The van der Waals surface area contributed by atoms with Gasteiger partial charge in [0.25, 0.3) is 11.6 Å². The summed E-state index contributed by atoms with van der Waals surface area (Å²) >= 11 is 0. The third-order valence-electron chi connectivity index (χ3n) is 7.54. The van der Waals surface area contributed by atoms with Crippen molar-refractivity contribution in [2.45, 2.75) is 171 Å². The number of hydrogen-bond donors (Lipinski definition) is 7. The van der Waals surface area contributed by atoms with Crippen molar-refractivity contribution in [2.24, 2.45) is 0 Å². The second kappa shape index (κ2) is 17.2. The number of aliphatic hydroxyl groups is 7. The van der Waals surface area contributed by atoms with Gasteiger partial charge in [0.2, 0.25) is 5.79 Å². The summed E-state index contributed by atoms with van der Waals surface area (Å²) in [5, 5.41) is 71.5. The van der Waals surface area contributed by atoms with Gasteiger partial charge in [0.15, 0.2) is 0 Å². The lowest BCUT2D eigenvalue weighted by Gasteiger charge is -2.44. The molecular weight excluding hydrogens is 436 g/mol. The van der Waals surface area contributed by atoms with Gasteiger partial charge in [-0.1, -0.05) is 128 Å². The van der Waals surface area contributed by atoms with E-state index in [2.05, 4.69) is 0 Å². The van der Waals surface area contributed by atoms with Gasteiger partial charge in [-0.2, -0.15) is 0 Å². The Morgan fingerprint density at radius 3 is 0.971 bits per heavy atom. The SMILES string of the molecule is OC1CCCCCCCCCCCCCCCCCCCCCCCC(O)(O)C(O)(O)C1(O)O. The Balaban J connectivity index is 2.53. The number of hydrogen-bond acceptors (Lipinski definition) is 7. The molecule has 1 unspecified atom stereocenters. The van der Waals surface area contributed by atoms with Crippen LogP contribution >= 0.6 is 0 Å². The van der Waals surface area contributed by atoms with Gasteiger partial charge in [0.1, 0.15) is 6.10 Å². The van der Waals surface area contributed by atoms with E-state index >= 15 is 0 Å². The summed E-state index contributed by atoms with van der Waals surface area (Å²) in [6.07, 6.45) is 20.4. The Morgan fingerprint density at radius 1 is 0.382 bits per heavy atom. The molecule has 1 aliphatic rings. The fraction of sp³-hybridized carbons (Fsp3) is 1.00. The first-order valence-corrected chi connectivity index (χ1v) is 14.2. The molecule has 0 saturated heterocycles. The molecule has 1 aliphatic carbocycles. The first-order valence-electron chi connectivity index (χ1n) is 14.2. The van der Waals surface area contributed by atoms with Crippen molar-refractivity contribution in [2.75, 3.05) is 0 Å². The molecule has 0 spiro atoms. The first kappa shape index (κ1) is 31.7. The van der Waals surface area contributed by atoms with Crippen molar-refractivity contribution >= 4 is 0 Å². The maximum Gasteiger partial charge on any atom is 0.276 e. The van der Waals surface area contributed by atoms with Crippen LogP contribution in [0.25, 0.3) is 0 Å². The summed E-state index contributed by atoms with van der Waals surface area (Å²) in [4.78, 5) is 0. The molecule has 7 N–H and O–H groups in total. The Bertz CT molecular complexity index is 493. The van der Waals surface area contributed by atoms with Gasteiger partial charge in [-0.3, -0.25) is 0 Å². The molecule has 7 nitrogen and oxygen atoms in total. The van der Waals surface area contributed by atoms with Crippen LogP contribution in [0.5, 0.6) is 0 Å². The zero-order chi connectivity index (χ0) is 25.3.